The molecule has 0 fully saturated rings. The van der Waals surface area contributed by atoms with Gasteiger partial charge in [-0.25, -0.2) is 4.79 Å². The van der Waals surface area contributed by atoms with E-state index in [2.05, 4.69) is 0 Å². The summed E-state index contributed by atoms with van der Waals surface area (Å²) in [5, 5.41) is 20.9. The number of esters is 1. The Morgan fingerprint density at radius 2 is 1.84 bits per heavy atom. The fraction of sp³-hybridized carbons (Fsp3) is 0.208. The summed E-state index contributed by atoms with van der Waals surface area (Å²) < 4.78 is 11.3. The number of aliphatic hydroxyl groups is 1. The smallest absolute Gasteiger partial charge is 0.342 e. The second-order valence-electron chi connectivity index (χ2n) is 7.73. The number of aryl methyl sites for hydroxylation is 1. The Bertz CT molecular complexity index is 1200. The summed E-state index contributed by atoms with van der Waals surface area (Å²) in [6.45, 7) is 4.30. The summed E-state index contributed by atoms with van der Waals surface area (Å²) >= 11 is 0. The molecule has 1 aliphatic carbocycles. The summed E-state index contributed by atoms with van der Waals surface area (Å²) in [6, 6.07) is 10.5. The predicted octanol–water partition coefficient (Wildman–Crippen LogP) is 3.58. The lowest BCUT2D eigenvalue weighted by Gasteiger charge is -2.27. The van der Waals surface area contributed by atoms with Crippen LogP contribution in [0, 0.1) is 6.92 Å². The van der Waals surface area contributed by atoms with E-state index in [1.807, 2.05) is 30.3 Å². The first-order valence-electron chi connectivity index (χ1n) is 9.63. The third-order valence-electron chi connectivity index (χ3n) is 5.64. The zero-order chi connectivity index (χ0) is 22.5. The van der Waals surface area contributed by atoms with E-state index in [0.29, 0.717) is 5.56 Å². The maximum atomic E-state index is 13.2. The minimum absolute atomic E-state index is 0.0183. The van der Waals surface area contributed by atoms with E-state index in [1.54, 1.807) is 6.92 Å². The number of phenolic OH excluding ortho intramolecular Hbond substituents is 1. The maximum Gasteiger partial charge on any atom is 0.342 e. The van der Waals surface area contributed by atoms with Crippen LogP contribution in [0.15, 0.2) is 59.6 Å². The molecule has 0 amide bonds. The number of ketones is 2. The van der Waals surface area contributed by atoms with Crippen LogP contribution in [0.1, 0.15) is 40.9 Å². The maximum absolute atomic E-state index is 13.2. The zero-order valence-corrected chi connectivity index (χ0v) is 17.2. The normalized spacial score (nSPS) is 19.3. The van der Waals surface area contributed by atoms with Crippen molar-refractivity contribution in [3.8, 4) is 11.5 Å². The van der Waals surface area contributed by atoms with Crippen LogP contribution >= 0.6 is 0 Å². The molecule has 158 valence electrons. The topological polar surface area (TPSA) is 110 Å². The van der Waals surface area contributed by atoms with E-state index in [9.17, 15) is 24.6 Å². The number of hydrogen-bond donors (Lipinski definition) is 2. The molecule has 0 saturated heterocycles. The number of Topliss-reactive ketones (excluding diaryl/α,β-unsaturated/α-hetero) is 2. The van der Waals surface area contributed by atoms with Gasteiger partial charge in [-0.05, 0) is 38.0 Å². The van der Waals surface area contributed by atoms with Gasteiger partial charge in [-0.1, -0.05) is 30.3 Å². The number of carbonyl (C=O) groups excluding carboxylic acids is 3. The highest BCUT2D eigenvalue weighted by Crippen LogP contribution is 2.55. The van der Waals surface area contributed by atoms with Gasteiger partial charge in [-0.15, -0.1) is 0 Å². The van der Waals surface area contributed by atoms with Crippen molar-refractivity contribution in [1.29, 1.82) is 0 Å². The van der Waals surface area contributed by atoms with Crippen molar-refractivity contribution in [2.45, 2.75) is 32.8 Å². The van der Waals surface area contributed by atoms with Gasteiger partial charge in [0.2, 0.25) is 0 Å². The lowest BCUT2D eigenvalue weighted by atomic mass is 9.71. The number of fused-ring (bicyclic) bond motifs is 3. The number of rotatable bonds is 4. The molecular formula is C24H20O7. The SMILES string of the molecule is CC(=O)C1=C(O)C=C2Oc3c(C(=O)OCc4ccccc4)c(C)cc(O)c3C2(C)C1=O. The molecule has 1 heterocycles. The second-order valence-corrected chi connectivity index (χ2v) is 7.73. The van der Waals surface area contributed by atoms with Crippen LogP contribution in [0.3, 0.4) is 0 Å². The summed E-state index contributed by atoms with van der Waals surface area (Å²) in [5.41, 5.74) is -0.619. The standard InChI is InChI=1S/C24H20O7/c1-12-9-16(27)20-21(18(12)23(29)30-11-14-7-5-4-6-8-14)31-17-10-15(26)19(13(2)25)22(28)24(17,20)3/h4-10,26-27H,11H2,1-3H3. The first kappa shape index (κ1) is 20.4. The lowest BCUT2D eigenvalue weighted by molar-refractivity contribution is -0.123. The molecule has 0 saturated carbocycles. The number of ether oxygens (including phenoxy) is 2. The van der Waals surface area contributed by atoms with Crippen LogP contribution in [-0.4, -0.2) is 27.7 Å². The van der Waals surface area contributed by atoms with Gasteiger partial charge >= 0.3 is 5.97 Å². The van der Waals surface area contributed by atoms with Crippen molar-refractivity contribution in [1.82, 2.24) is 0 Å². The molecule has 7 nitrogen and oxygen atoms in total. The van der Waals surface area contributed by atoms with Crippen molar-refractivity contribution in [3.63, 3.8) is 0 Å². The molecule has 4 rings (SSSR count). The largest absolute Gasteiger partial charge is 0.507 e. The second kappa shape index (κ2) is 7.12. The van der Waals surface area contributed by atoms with Crippen LogP contribution in [0.4, 0.5) is 0 Å². The highest BCUT2D eigenvalue weighted by Gasteiger charge is 2.55. The Morgan fingerprint density at radius 1 is 1.16 bits per heavy atom. The van der Waals surface area contributed by atoms with Gasteiger partial charge in [0.25, 0.3) is 0 Å². The number of aromatic hydroxyl groups is 1. The molecule has 1 atom stereocenters. The molecule has 31 heavy (non-hydrogen) atoms. The molecule has 0 radical (unpaired) electrons. The van der Waals surface area contributed by atoms with Crippen LogP contribution < -0.4 is 4.74 Å². The Hall–Kier alpha value is -3.87. The lowest BCUT2D eigenvalue weighted by Crippen LogP contribution is -2.38. The third-order valence-corrected chi connectivity index (χ3v) is 5.64. The van der Waals surface area contributed by atoms with Crippen molar-refractivity contribution >= 4 is 17.5 Å². The van der Waals surface area contributed by atoms with E-state index < -0.39 is 28.7 Å². The van der Waals surface area contributed by atoms with Gasteiger partial charge in [0.05, 0.1) is 5.56 Å². The first-order chi connectivity index (χ1) is 14.7. The van der Waals surface area contributed by atoms with E-state index in [0.717, 1.165) is 5.56 Å². The molecule has 1 aliphatic heterocycles. The van der Waals surface area contributed by atoms with Crippen molar-refractivity contribution in [2.75, 3.05) is 0 Å². The Morgan fingerprint density at radius 3 is 2.48 bits per heavy atom. The van der Waals surface area contributed by atoms with E-state index in [4.69, 9.17) is 9.47 Å². The Balaban J connectivity index is 1.80. The van der Waals surface area contributed by atoms with Gasteiger partial charge in [0.15, 0.2) is 11.6 Å². The summed E-state index contributed by atoms with van der Waals surface area (Å²) in [6.07, 6.45) is 1.17. The number of hydrogen-bond acceptors (Lipinski definition) is 7. The van der Waals surface area contributed by atoms with Crippen molar-refractivity contribution in [3.05, 3.63) is 81.8 Å². The van der Waals surface area contributed by atoms with Gasteiger partial charge in [-0.2, -0.15) is 0 Å². The van der Waals surface area contributed by atoms with Gasteiger partial charge < -0.3 is 19.7 Å². The van der Waals surface area contributed by atoms with Gasteiger partial charge in [0, 0.05) is 6.08 Å². The molecule has 0 aromatic heterocycles. The molecule has 2 N–H and O–H groups in total. The number of allylic oxidation sites excluding steroid dienone is 3. The summed E-state index contributed by atoms with van der Waals surface area (Å²) in [4.78, 5) is 38.1. The molecule has 0 bridgehead atoms. The van der Waals surface area contributed by atoms with Gasteiger partial charge in [-0.3, -0.25) is 9.59 Å². The number of carbonyl (C=O) groups is 3. The van der Waals surface area contributed by atoms with Crippen molar-refractivity contribution < 1.29 is 34.1 Å². The summed E-state index contributed by atoms with van der Waals surface area (Å²) in [7, 11) is 0. The van der Waals surface area contributed by atoms with Gasteiger partial charge in [0.1, 0.15) is 46.2 Å². The minimum atomic E-state index is -1.56. The number of benzene rings is 2. The fourth-order valence-corrected chi connectivity index (χ4v) is 4.04. The molecule has 2 aromatic carbocycles. The van der Waals surface area contributed by atoms with Crippen molar-refractivity contribution in [2.24, 2.45) is 0 Å². The molecular weight excluding hydrogens is 400 g/mol. The Labute approximate surface area is 178 Å². The van der Waals surface area contributed by atoms with Crippen LogP contribution in [0.25, 0.3) is 0 Å². The third kappa shape index (κ3) is 3.01. The predicted molar refractivity (Wildman–Crippen MR) is 110 cm³/mol. The van der Waals surface area contributed by atoms with Crippen LogP contribution in [-0.2, 0) is 26.3 Å². The number of phenols is 1. The van der Waals surface area contributed by atoms with Crippen LogP contribution in [0.2, 0.25) is 0 Å². The first-order valence-corrected chi connectivity index (χ1v) is 9.63. The molecule has 2 aromatic rings. The average molecular weight is 420 g/mol. The Kier molecular flexibility index (Phi) is 4.69. The highest BCUT2D eigenvalue weighted by molar-refractivity contribution is 6.25. The molecule has 0 spiro atoms. The monoisotopic (exact) mass is 420 g/mol. The number of aliphatic hydroxyl groups excluding tert-OH is 1. The quantitative estimate of drug-likeness (QED) is 0.575. The fourth-order valence-electron chi connectivity index (χ4n) is 4.04. The van der Waals surface area contributed by atoms with E-state index >= 15 is 0 Å². The summed E-state index contributed by atoms with van der Waals surface area (Å²) in [5.74, 6) is -2.77. The molecule has 2 aliphatic rings. The highest BCUT2D eigenvalue weighted by atomic mass is 16.5. The average Bonchev–Trinajstić information content (AvgIpc) is 3.00. The van der Waals surface area contributed by atoms with E-state index in [1.165, 1.54) is 26.0 Å². The molecule has 1 unspecified atom stereocenters. The van der Waals surface area contributed by atoms with Crippen LogP contribution in [0.5, 0.6) is 11.5 Å². The zero-order valence-electron chi connectivity index (χ0n) is 17.2. The minimum Gasteiger partial charge on any atom is -0.507 e. The van der Waals surface area contributed by atoms with E-state index in [-0.39, 0.29) is 40.6 Å². The molecule has 7 heteroatoms.